The van der Waals surface area contributed by atoms with Crippen LogP contribution >= 0.6 is 11.8 Å². The van der Waals surface area contributed by atoms with Gasteiger partial charge in [-0.25, -0.2) is 4.79 Å². The van der Waals surface area contributed by atoms with Crippen LogP contribution in [0.1, 0.15) is 13.8 Å². The zero-order valence-corrected chi connectivity index (χ0v) is 17.3. The maximum Gasteiger partial charge on any atom is 0.409 e. The number of carbonyl (C=O) groups is 2. The predicted octanol–water partition coefficient (Wildman–Crippen LogP) is 2.53. The Morgan fingerprint density at radius 1 is 1.03 bits per heavy atom. The lowest BCUT2D eigenvalue weighted by Crippen LogP contribution is -2.51. The van der Waals surface area contributed by atoms with Crippen molar-refractivity contribution in [1.82, 2.24) is 20.0 Å². The Morgan fingerprint density at radius 2 is 1.72 bits per heavy atom. The summed E-state index contributed by atoms with van der Waals surface area (Å²) in [5, 5.41) is 8.38. The summed E-state index contributed by atoms with van der Waals surface area (Å²) < 4.78 is 16.0. The van der Waals surface area contributed by atoms with Gasteiger partial charge in [-0.15, -0.1) is 10.2 Å². The number of carbonyl (C=O) groups excluding carboxylic acids is 2. The van der Waals surface area contributed by atoms with Gasteiger partial charge >= 0.3 is 6.09 Å². The van der Waals surface area contributed by atoms with Crippen LogP contribution < -0.4 is 4.74 Å². The molecule has 1 saturated heterocycles. The Hall–Kier alpha value is -2.75. The van der Waals surface area contributed by atoms with Gasteiger partial charge in [0.2, 0.25) is 11.8 Å². The number of piperazine rings is 1. The molecule has 0 spiro atoms. The molecular weight excluding hydrogens is 396 g/mol. The molecule has 156 valence electrons. The van der Waals surface area contributed by atoms with E-state index in [1.54, 1.807) is 16.7 Å². The molecule has 29 heavy (non-hydrogen) atoms. The van der Waals surface area contributed by atoms with Gasteiger partial charge in [-0.1, -0.05) is 11.8 Å². The molecule has 3 rings (SSSR count). The molecule has 2 amide bonds. The van der Waals surface area contributed by atoms with Crippen LogP contribution in [0.5, 0.6) is 5.75 Å². The quantitative estimate of drug-likeness (QED) is 0.630. The van der Waals surface area contributed by atoms with E-state index in [-0.39, 0.29) is 17.8 Å². The molecule has 0 saturated carbocycles. The molecule has 0 atom stereocenters. The molecule has 1 aliphatic rings. The van der Waals surface area contributed by atoms with Crippen molar-refractivity contribution in [3.63, 3.8) is 0 Å². The number of hydrogen-bond acceptors (Lipinski definition) is 8. The van der Waals surface area contributed by atoms with Crippen molar-refractivity contribution < 1.29 is 23.5 Å². The number of thioether (sulfide) groups is 1. The molecular formula is C19H24N4O5S. The van der Waals surface area contributed by atoms with E-state index in [9.17, 15) is 9.59 Å². The first-order chi connectivity index (χ1) is 14.1. The number of aromatic nitrogens is 2. The number of amides is 2. The largest absolute Gasteiger partial charge is 0.494 e. The van der Waals surface area contributed by atoms with Gasteiger partial charge in [-0.05, 0) is 38.1 Å². The molecule has 0 N–H and O–H groups in total. The predicted molar refractivity (Wildman–Crippen MR) is 107 cm³/mol. The van der Waals surface area contributed by atoms with Crippen LogP contribution in [0.3, 0.4) is 0 Å². The highest BCUT2D eigenvalue weighted by atomic mass is 32.2. The van der Waals surface area contributed by atoms with Gasteiger partial charge in [0.05, 0.1) is 19.0 Å². The standard InChI is InChI=1S/C19H24N4O5S/c1-3-26-15-7-5-14(6-8-15)17-20-21-18(28-17)29-13-16(24)22-9-11-23(12-10-22)19(25)27-4-2/h5-8H,3-4,9-13H2,1-2H3. The smallest absolute Gasteiger partial charge is 0.409 e. The first-order valence-corrected chi connectivity index (χ1v) is 10.5. The summed E-state index contributed by atoms with van der Waals surface area (Å²) in [5.74, 6) is 1.34. The van der Waals surface area contributed by atoms with E-state index in [2.05, 4.69) is 10.2 Å². The summed E-state index contributed by atoms with van der Waals surface area (Å²) in [4.78, 5) is 27.5. The average Bonchev–Trinajstić information content (AvgIpc) is 3.22. The second kappa shape index (κ2) is 10.1. The van der Waals surface area contributed by atoms with Crippen LogP contribution in [0.25, 0.3) is 11.5 Å². The van der Waals surface area contributed by atoms with Crippen LogP contribution in [0.4, 0.5) is 4.79 Å². The first-order valence-electron chi connectivity index (χ1n) is 9.49. The Bertz CT molecular complexity index is 818. The minimum Gasteiger partial charge on any atom is -0.494 e. The minimum atomic E-state index is -0.332. The zero-order valence-electron chi connectivity index (χ0n) is 16.5. The Morgan fingerprint density at radius 3 is 2.38 bits per heavy atom. The van der Waals surface area contributed by atoms with Crippen molar-refractivity contribution in [2.75, 3.05) is 45.1 Å². The maximum absolute atomic E-state index is 12.4. The van der Waals surface area contributed by atoms with Crippen LogP contribution in [0.2, 0.25) is 0 Å². The Kier molecular flexibility index (Phi) is 7.34. The van der Waals surface area contributed by atoms with Crippen LogP contribution in [0, 0.1) is 0 Å². The van der Waals surface area contributed by atoms with Crippen molar-refractivity contribution in [3.8, 4) is 17.2 Å². The molecule has 1 aliphatic heterocycles. The molecule has 10 heteroatoms. The fourth-order valence-corrected chi connectivity index (χ4v) is 3.48. The number of hydrogen-bond donors (Lipinski definition) is 0. The molecule has 9 nitrogen and oxygen atoms in total. The van der Waals surface area contributed by atoms with Crippen molar-refractivity contribution in [1.29, 1.82) is 0 Å². The normalized spacial score (nSPS) is 14.0. The Balaban J connectivity index is 1.47. The van der Waals surface area contributed by atoms with E-state index < -0.39 is 0 Å². The summed E-state index contributed by atoms with van der Waals surface area (Å²) in [5.41, 5.74) is 0.786. The SMILES string of the molecule is CCOC(=O)N1CCN(C(=O)CSc2nnc(-c3ccc(OCC)cc3)o2)CC1. The third-order valence-corrected chi connectivity index (χ3v) is 5.10. The van der Waals surface area contributed by atoms with Gasteiger partial charge in [0, 0.05) is 31.7 Å². The highest BCUT2D eigenvalue weighted by Gasteiger charge is 2.25. The van der Waals surface area contributed by atoms with Gasteiger partial charge in [0.25, 0.3) is 5.22 Å². The average molecular weight is 420 g/mol. The highest BCUT2D eigenvalue weighted by molar-refractivity contribution is 7.99. The fraction of sp³-hybridized carbons (Fsp3) is 0.474. The van der Waals surface area contributed by atoms with E-state index in [0.717, 1.165) is 11.3 Å². The minimum absolute atomic E-state index is 0.0284. The molecule has 1 fully saturated rings. The molecule has 2 heterocycles. The molecule has 2 aromatic rings. The van der Waals surface area contributed by atoms with Gasteiger partial charge in [-0.2, -0.15) is 0 Å². The van der Waals surface area contributed by atoms with E-state index in [1.165, 1.54) is 11.8 Å². The van der Waals surface area contributed by atoms with Crippen LogP contribution in [-0.2, 0) is 9.53 Å². The second-order valence-corrected chi connectivity index (χ2v) is 7.11. The summed E-state index contributed by atoms with van der Waals surface area (Å²) in [6.45, 7) is 6.56. The lowest BCUT2D eigenvalue weighted by Gasteiger charge is -2.33. The monoisotopic (exact) mass is 420 g/mol. The van der Waals surface area contributed by atoms with E-state index in [0.29, 0.717) is 50.5 Å². The third-order valence-electron chi connectivity index (χ3n) is 4.30. The number of benzene rings is 1. The van der Waals surface area contributed by atoms with Crippen molar-refractivity contribution in [2.24, 2.45) is 0 Å². The van der Waals surface area contributed by atoms with Crippen LogP contribution in [-0.4, -0.2) is 77.1 Å². The van der Waals surface area contributed by atoms with Gasteiger partial charge in [0.1, 0.15) is 5.75 Å². The topological polar surface area (TPSA) is 98.0 Å². The molecule has 0 bridgehead atoms. The summed E-state index contributed by atoms with van der Waals surface area (Å²) in [6, 6.07) is 7.38. The molecule has 1 aromatic carbocycles. The van der Waals surface area contributed by atoms with Crippen molar-refractivity contribution in [2.45, 2.75) is 19.1 Å². The highest BCUT2D eigenvalue weighted by Crippen LogP contribution is 2.25. The molecule has 0 unspecified atom stereocenters. The van der Waals surface area contributed by atoms with Gasteiger partial charge in [-0.3, -0.25) is 4.79 Å². The van der Waals surface area contributed by atoms with E-state index in [1.807, 2.05) is 31.2 Å². The molecule has 0 aliphatic carbocycles. The fourth-order valence-electron chi connectivity index (χ4n) is 2.81. The lowest BCUT2D eigenvalue weighted by molar-refractivity contribution is -0.129. The second-order valence-electron chi connectivity index (χ2n) is 6.19. The van der Waals surface area contributed by atoms with Crippen molar-refractivity contribution in [3.05, 3.63) is 24.3 Å². The van der Waals surface area contributed by atoms with Crippen molar-refractivity contribution >= 4 is 23.8 Å². The summed E-state index contributed by atoms with van der Waals surface area (Å²) in [7, 11) is 0. The summed E-state index contributed by atoms with van der Waals surface area (Å²) >= 11 is 1.20. The Labute approximate surface area is 173 Å². The number of rotatable bonds is 7. The van der Waals surface area contributed by atoms with Gasteiger partial charge in [0.15, 0.2) is 0 Å². The molecule has 1 aromatic heterocycles. The molecule has 0 radical (unpaired) electrons. The maximum atomic E-state index is 12.4. The number of nitrogens with zero attached hydrogens (tertiary/aromatic N) is 4. The number of ether oxygens (including phenoxy) is 2. The van der Waals surface area contributed by atoms with E-state index >= 15 is 0 Å². The van der Waals surface area contributed by atoms with E-state index in [4.69, 9.17) is 13.9 Å². The van der Waals surface area contributed by atoms with Gasteiger partial charge < -0.3 is 23.7 Å². The first kappa shape index (κ1) is 21.0. The lowest BCUT2D eigenvalue weighted by atomic mass is 10.2. The van der Waals surface area contributed by atoms with Crippen LogP contribution in [0.15, 0.2) is 33.9 Å². The third kappa shape index (κ3) is 5.63. The summed E-state index contributed by atoms with van der Waals surface area (Å²) in [6.07, 6.45) is -0.332. The zero-order chi connectivity index (χ0) is 20.6.